The number of nitrogens with one attached hydrogen (secondary N) is 2. The third-order valence-corrected chi connectivity index (χ3v) is 6.11. The fourth-order valence-corrected chi connectivity index (χ4v) is 4.38. The summed E-state index contributed by atoms with van der Waals surface area (Å²) in [5.74, 6) is -0.428. The minimum absolute atomic E-state index is 0.214. The lowest BCUT2D eigenvalue weighted by atomic mass is 9.93. The van der Waals surface area contributed by atoms with Crippen LogP contribution in [0.4, 0.5) is 5.69 Å². The molecule has 0 atom stereocenters. The molecule has 2 N–H and O–H groups in total. The number of rotatable bonds is 11. The van der Waals surface area contributed by atoms with E-state index in [1.54, 1.807) is 0 Å². The van der Waals surface area contributed by atoms with Gasteiger partial charge in [-0.2, -0.15) is 0 Å². The Kier molecular flexibility index (Phi) is 7.15. The molecule has 0 saturated carbocycles. The highest BCUT2D eigenvalue weighted by molar-refractivity contribution is 6.26. The normalized spacial score (nSPS) is 13.2. The second-order valence-electron chi connectivity index (χ2n) is 8.69. The topological polar surface area (TPSA) is 73.5 Å². The number of amides is 2. The zero-order chi connectivity index (χ0) is 24.1. The number of carbonyl (C=O) groups is 2. The first kappa shape index (κ1) is 23.4. The molecule has 1 aromatic heterocycles. The first-order chi connectivity index (χ1) is 16.5. The van der Waals surface area contributed by atoms with Gasteiger partial charge in [0.25, 0.3) is 11.8 Å². The number of hydrogen-bond donors (Lipinski definition) is 2. The van der Waals surface area contributed by atoms with Crippen molar-refractivity contribution in [2.24, 2.45) is 7.05 Å². The largest absolute Gasteiger partial charge is 0.393 e. The Labute approximate surface area is 200 Å². The molecule has 178 valence electrons. The smallest absolute Gasteiger partial charge is 0.261 e. The summed E-state index contributed by atoms with van der Waals surface area (Å²) in [5.41, 5.74) is 2.14. The van der Waals surface area contributed by atoms with Gasteiger partial charge in [0.15, 0.2) is 0 Å². The Morgan fingerprint density at radius 3 is 2.59 bits per heavy atom. The van der Waals surface area contributed by atoms with Crippen molar-refractivity contribution in [2.45, 2.75) is 19.4 Å². The average molecular weight is 462 g/mol. The van der Waals surface area contributed by atoms with Gasteiger partial charge in [0.2, 0.25) is 6.33 Å². The number of benzene rings is 2. The van der Waals surface area contributed by atoms with Gasteiger partial charge in [0, 0.05) is 80.1 Å². The quantitative estimate of drug-likeness (QED) is 0.261. The first-order valence-electron chi connectivity index (χ1n) is 11.7. The Bertz CT molecular complexity index is 1190. The van der Waals surface area contributed by atoms with Gasteiger partial charge in [-0.3, -0.25) is 14.5 Å². The number of anilines is 1. The maximum Gasteiger partial charge on any atom is 0.261 e. The summed E-state index contributed by atoms with van der Waals surface area (Å²) in [6.07, 6.45) is 11.6. The van der Waals surface area contributed by atoms with Crippen LogP contribution in [0.15, 0.2) is 61.5 Å². The summed E-state index contributed by atoms with van der Waals surface area (Å²) >= 11 is 0. The van der Waals surface area contributed by atoms with Crippen LogP contribution >= 0.6 is 0 Å². The van der Waals surface area contributed by atoms with Crippen LogP contribution in [0.2, 0.25) is 0 Å². The van der Waals surface area contributed by atoms with Gasteiger partial charge in [-0.05, 0) is 24.6 Å². The molecule has 2 heterocycles. The van der Waals surface area contributed by atoms with Crippen LogP contribution in [0.1, 0.15) is 33.6 Å². The summed E-state index contributed by atoms with van der Waals surface area (Å²) in [6.45, 7) is 2.85. The predicted molar refractivity (Wildman–Crippen MR) is 133 cm³/mol. The van der Waals surface area contributed by atoms with E-state index in [4.69, 9.17) is 0 Å². The molecule has 4 rings (SSSR count). The molecule has 2 aromatic carbocycles. The van der Waals surface area contributed by atoms with Crippen LogP contribution in [-0.2, 0) is 13.6 Å². The highest BCUT2D eigenvalue weighted by Gasteiger charge is 2.32. The fourth-order valence-electron chi connectivity index (χ4n) is 4.38. The van der Waals surface area contributed by atoms with Crippen molar-refractivity contribution in [2.75, 3.05) is 39.0 Å². The van der Waals surface area contributed by atoms with Gasteiger partial charge < -0.3 is 15.5 Å². The van der Waals surface area contributed by atoms with E-state index >= 15 is 0 Å². The molecule has 0 bridgehead atoms. The summed E-state index contributed by atoms with van der Waals surface area (Å²) in [7, 11) is 5.82. The number of nitrogens with zero attached hydrogens (tertiary/aromatic N) is 4. The Morgan fingerprint density at radius 2 is 1.85 bits per heavy atom. The van der Waals surface area contributed by atoms with Gasteiger partial charge in [-0.15, -0.1) is 0 Å². The Balaban J connectivity index is 1.46. The second kappa shape index (κ2) is 10.4. The summed E-state index contributed by atoms with van der Waals surface area (Å²) < 4.78 is 4.18. The average Bonchev–Trinajstić information content (AvgIpc) is 3.26. The molecule has 0 aliphatic carbocycles. The van der Waals surface area contributed by atoms with Crippen LogP contribution < -0.4 is 15.2 Å². The second-order valence-corrected chi connectivity index (χ2v) is 8.69. The molecule has 2 amide bonds. The highest BCUT2D eigenvalue weighted by Crippen LogP contribution is 2.34. The standard InChI is InChI=1S/C26H32N6O2/c1-27-12-16-29(2)13-6-15-32-25(33)21-8-4-7-20-23(10-9-22(24(20)21)26(32)34)28-11-5-14-31-18-17-30(3)19-31/h4,7-10,12,16-19,27H,5-6,11,13-15H2,1-3H3/p+1/b16-12-. The number of carbonyl (C=O) groups excluding carboxylic acids is 2. The molecular weight excluding hydrogens is 428 g/mol. The number of imidazole rings is 1. The van der Waals surface area contributed by atoms with Crippen LogP contribution in [0.3, 0.4) is 0 Å². The van der Waals surface area contributed by atoms with E-state index in [2.05, 4.69) is 27.7 Å². The van der Waals surface area contributed by atoms with Crippen molar-refractivity contribution in [3.05, 3.63) is 72.6 Å². The Morgan fingerprint density at radius 1 is 1.06 bits per heavy atom. The number of aryl methyl sites for hydroxylation is 2. The lowest BCUT2D eigenvalue weighted by Crippen LogP contribution is -2.41. The van der Waals surface area contributed by atoms with Gasteiger partial charge in [0.05, 0.1) is 13.6 Å². The van der Waals surface area contributed by atoms with E-state index in [0.717, 1.165) is 42.5 Å². The van der Waals surface area contributed by atoms with Crippen molar-refractivity contribution in [1.29, 1.82) is 0 Å². The van der Waals surface area contributed by atoms with E-state index in [9.17, 15) is 9.59 Å². The van der Waals surface area contributed by atoms with Gasteiger partial charge >= 0.3 is 0 Å². The number of aromatic nitrogens is 2. The molecule has 8 nitrogen and oxygen atoms in total. The summed E-state index contributed by atoms with van der Waals surface area (Å²) in [6, 6.07) is 9.51. The predicted octanol–water partition coefficient (Wildman–Crippen LogP) is 2.58. The van der Waals surface area contributed by atoms with E-state index in [1.165, 1.54) is 4.90 Å². The maximum absolute atomic E-state index is 13.2. The maximum atomic E-state index is 13.2. The van der Waals surface area contributed by atoms with E-state index in [1.807, 2.05) is 79.5 Å². The first-order valence-corrected chi connectivity index (χ1v) is 11.7. The highest BCUT2D eigenvalue weighted by atomic mass is 16.2. The van der Waals surface area contributed by atoms with E-state index in [-0.39, 0.29) is 11.8 Å². The molecule has 1 aliphatic rings. The van der Waals surface area contributed by atoms with E-state index in [0.29, 0.717) is 24.1 Å². The van der Waals surface area contributed by atoms with Crippen molar-refractivity contribution >= 4 is 28.3 Å². The molecule has 0 fully saturated rings. The van der Waals surface area contributed by atoms with E-state index < -0.39 is 0 Å². The van der Waals surface area contributed by atoms with Gasteiger partial charge in [-0.25, -0.2) is 9.13 Å². The minimum atomic E-state index is -0.214. The van der Waals surface area contributed by atoms with Crippen molar-refractivity contribution in [1.82, 2.24) is 19.7 Å². The molecule has 8 heteroatoms. The van der Waals surface area contributed by atoms with Crippen LogP contribution in [-0.4, -0.2) is 59.9 Å². The minimum Gasteiger partial charge on any atom is -0.393 e. The third kappa shape index (κ3) is 4.90. The Hall–Kier alpha value is -3.81. The zero-order valence-corrected chi connectivity index (χ0v) is 20.1. The molecular formula is C26H33N6O2+. The summed E-state index contributed by atoms with van der Waals surface area (Å²) in [5, 5.41) is 8.13. The van der Waals surface area contributed by atoms with Crippen molar-refractivity contribution < 1.29 is 14.2 Å². The summed E-state index contributed by atoms with van der Waals surface area (Å²) in [4.78, 5) is 29.9. The van der Waals surface area contributed by atoms with Gasteiger partial charge in [0.1, 0.15) is 12.4 Å². The molecule has 0 spiro atoms. The molecule has 0 radical (unpaired) electrons. The molecule has 34 heavy (non-hydrogen) atoms. The number of hydrogen-bond acceptors (Lipinski definition) is 5. The van der Waals surface area contributed by atoms with Gasteiger partial charge in [-0.1, -0.05) is 12.1 Å². The molecule has 0 saturated heterocycles. The SMILES string of the molecule is CN/C=C\N(C)CCCN1C(=O)c2cccc3c(NCCCn4cc[n+](C)c4)ccc(c23)C1=O. The van der Waals surface area contributed by atoms with Crippen molar-refractivity contribution in [3.63, 3.8) is 0 Å². The lowest BCUT2D eigenvalue weighted by molar-refractivity contribution is -0.671. The lowest BCUT2D eigenvalue weighted by Gasteiger charge is -2.28. The fraction of sp³-hybridized carbons (Fsp3) is 0.346. The van der Waals surface area contributed by atoms with Crippen LogP contribution in [0.5, 0.6) is 0 Å². The number of imide groups is 1. The third-order valence-electron chi connectivity index (χ3n) is 6.11. The monoisotopic (exact) mass is 461 g/mol. The van der Waals surface area contributed by atoms with Crippen molar-refractivity contribution in [3.8, 4) is 0 Å². The molecule has 3 aromatic rings. The zero-order valence-electron chi connectivity index (χ0n) is 20.1. The van der Waals surface area contributed by atoms with Crippen LogP contribution in [0, 0.1) is 0 Å². The molecule has 1 aliphatic heterocycles. The molecule has 0 unspecified atom stereocenters. The van der Waals surface area contributed by atoms with Crippen LogP contribution in [0.25, 0.3) is 10.8 Å².